The van der Waals surface area contributed by atoms with Crippen molar-refractivity contribution in [2.75, 3.05) is 6.54 Å². The molecule has 124 valence electrons. The first-order valence-corrected chi connectivity index (χ1v) is 6.74. The molecule has 0 fully saturated rings. The number of ether oxygens (including phenoxy) is 2. The summed E-state index contributed by atoms with van der Waals surface area (Å²) in [6.07, 6.45) is -2.42. The molecule has 0 bridgehead atoms. The van der Waals surface area contributed by atoms with Crippen molar-refractivity contribution in [1.29, 1.82) is 0 Å². The van der Waals surface area contributed by atoms with Crippen LogP contribution in [0.2, 0.25) is 0 Å². The van der Waals surface area contributed by atoms with Crippen molar-refractivity contribution in [3.63, 3.8) is 0 Å². The number of hydrogen-bond donors (Lipinski definition) is 1. The molecule has 1 rings (SSSR count). The van der Waals surface area contributed by atoms with Crippen LogP contribution in [-0.4, -0.2) is 47.1 Å². The Hall–Kier alpha value is -2.90. The van der Waals surface area contributed by atoms with Crippen molar-refractivity contribution in [3.05, 3.63) is 35.9 Å². The predicted molar refractivity (Wildman–Crippen MR) is 77.2 cm³/mol. The van der Waals surface area contributed by atoms with Crippen LogP contribution < -0.4 is 0 Å². The molecule has 0 saturated heterocycles. The topological polar surface area (TPSA) is 110 Å². The van der Waals surface area contributed by atoms with Crippen LogP contribution >= 0.6 is 0 Å². The van der Waals surface area contributed by atoms with E-state index in [9.17, 15) is 19.2 Å². The molecular formula is C15H17NO7. The molecule has 1 aromatic carbocycles. The van der Waals surface area contributed by atoms with Gasteiger partial charge in [0.05, 0.1) is 13.0 Å². The second kappa shape index (κ2) is 9.19. The first-order chi connectivity index (χ1) is 10.9. The Balaban J connectivity index is 2.61. The maximum Gasteiger partial charge on any atom is 0.416 e. The number of rotatable bonds is 8. The van der Waals surface area contributed by atoms with E-state index in [1.807, 2.05) is 0 Å². The van der Waals surface area contributed by atoms with Crippen LogP contribution in [0.1, 0.15) is 18.9 Å². The molecule has 0 aliphatic carbocycles. The molecule has 0 aliphatic rings. The number of aliphatic carboxylic acids is 1. The van der Waals surface area contributed by atoms with Gasteiger partial charge in [-0.2, -0.15) is 0 Å². The van der Waals surface area contributed by atoms with E-state index in [4.69, 9.17) is 14.6 Å². The van der Waals surface area contributed by atoms with Crippen LogP contribution in [0.3, 0.4) is 0 Å². The third-order valence-electron chi connectivity index (χ3n) is 2.70. The number of carbonyl (C=O) groups excluding carboxylic acids is 3. The molecule has 8 heteroatoms. The third kappa shape index (κ3) is 7.07. The van der Waals surface area contributed by atoms with Gasteiger partial charge < -0.3 is 14.6 Å². The zero-order valence-corrected chi connectivity index (χ0v) is 12.5. The van der Waals surface area contributed by atoms with Gasteiger partial charge in [-0.1, -0.05) is 30.3 Å². The SMILES string of the molecule is CC(=O)O[C@H](CC(=O)O)CN(C=O)C(=O)OCc1ccccc1. The number of nitrogens with zero attached hydrogens (tertiary/aromatic N) is 1. The molecule has 0 unspecified atom stereocenters. The van der Waals surface area contributed by atoms with Gasteiger partial charge >= 0.3 is 18.0 Å². The molecular weight excluding hydrogens is 306 g/mol. The second-order valence-corrected chi connectivity index (χ2v) is 4.63. The number of amides is 2. The van der Waals surface area contributed by atoms with Gasteiger partial charge in [-0.25, -0.2) is 9.69 Å². The summed E-state index contributed by atoms with van der Waals surface area (Å²) < 4.78 is 9.74. The molecule has 0 aromatic heterocycles. The highest BCUT2D eigenvalue weighted by molar-refractivity contribution is 5.80. The van der Waals surface area contributed by atoms with Crippen molar-refractivity contribution < 1.29 is 33.8 Å². The number of carboxylic acids is 1. The van der Waals surface area contributed by atoms with E-state index in [2.05, 4.69) is 0 Å². The quantitative estimate of drug-likeness (QED) is 0.565. The fourth-order valence-corrected chi connectivity index (χ4v) is 1.76. The zero-order valence-electron chi connectivity index (χ0n) is 12.5. The molecule has 2 amide bonds. The van der Waals surface area contributed by atoms with Crippen molar-refractivity contribution in [2.24, 2.45) is 0 Å². The van der Waals surface area contributed by atoms with Crippen LogP contribution in [0.25, 0.3) is 0 Å². The van der Waals surface area contributed by atoms with Gasteiger partial charge in [-0.3, -0.25) is 14.4 Å². The predicted octanol–water partition coefficient (Wildman–Crippen LogP) is 1.19. The number of imide groups is 1. The van der Waals surface area contributed by atoms with E-state index in [1.54, 1.807) is 30.3 Å². The number of hydrogen-bond acceptors (Lipinski definition) is 6. The maximum absolute atomic E-state index is 11.8. The van der Waals surface area contributed by atoms with E-state index in [0.717, 1.165) is 12.5 Å². The first-order valence-electron chi connectivity index (χ1n) is 6.74. The fraction of sp³-hybridized carbons (Fsp3) is 0.333. The highest BCUT2D eigenvalue weighted by Crippen LogP contribution is 2.06. The summed E-state index contributed by atoms with van der Waals surface area (Å²) in [5.74, 6) is -1.93. The Bertz CT molecular complexity index is 542. The number of esters is 1. The van der Waals surface area contributed by atoms with E-state index >= 15 is 0 Å². The highest BCUT2D eigenvalue weighted by atomic mass is 16.6. The van der Waals surface area contributed by atoms with Crippen molar-refractivity contribution >= 4 is 24.4 Å². The zero-order chi connectivity index (χ0) is 17.2. The standard InChI is InChI=1S/C15H17NO7/c1-11(18)23-13(7-14(19)20)8-16(10-17)15(21)22-9-12-5-3-2-4-6-12/h2-6,10,13H,7-9H2,1H3,(H,19,20)/t13-/m1/s1. The van der Waals surface area contributed by atoms with Crippen molar-refractivity contribution in [1.82, 2.24) is 4.90 Å². The average Bonchev–Trinajstić information content (AvgIpc) is 2.50. The Morgan fingerprint density at radius 3 is 2.43 bits per heavy atom. The fourth-order valence-electron chi connectivity index (χ4n) is 1.76. The number of carbonyl (C=O) groups is 4. The average molecular weight is 323 g/mol. The van der Waals surface area contributed by atoms with E-state index < -0.39 is 37.1 Å². The van der Waals surface area contributed by atoms with Gasteiger partial charge in [0.2, 0.25) is 6.41 Å². The first kappa shape index (κ1) is 18.1. The van der Waals surface area contributed by atoms with Crippen LogP contribution in [0.15, 0.2) is 30.3 Å². The van der Waals surface area contributed by atoms with Gasteiger partial charge in [0, 0.05) is 6.92 Å². The monoisotopic (exact) mass is 323 g/mol. The third-order valence-corrected chi connectivity index (χ3v) is 2.70. The van der Waals surface area contributed by atoms with Crippen molar-refractivity contribution in [3.8, 4) is 0 Å². The molecule has 1 aromatic rings. The lowest BCUT2D eigenvalue weighted by atomic mass is 10.2. The van der Waals surface area contributed by atoms with Gasteiger partial charge in [-0.15, -0.1) is 0 Å². The summed E-state index contributed by atoms with van der Waals surface area (Å²) in [6, 6.07) is 8.82. The lowest BCUT2D eigenvalue weighted by Gasteiger charge is -2.21. The Morgan fingerprint density at radius 1 is 1.26 bits per heavy atom. The molecule has 0 aliphatic heterocycles. The molecule has 23 heavy (non-hydrogen) atoms. The normalized spacial score (nSPS) is 11.2. The Kier molecular flexibility index (Phi) is 7.25. The minimum Gasteiger partial charge on any atom is -0.481 e. The summed E-state index contributed by atoms with van der Waals surface area (Å²) in [5, 5.41) is 8.76. The second-order valence-electron chi connectivity index (χ2n) is 4.63. The van der Waals surface area contributed by atoms with Gasteiger partial charge in [0.15, 0.2) is 0 Å². The largest absolute Gasteiger partial charge is 0.481 e. The Morgan fingerprint density at radius 2 is 1.91 bits per heavy atom. The molecule has 0 heterocycles. The smallest absolute Gasteiger partial charge is 0.416 e. The molecule has 1 atom stereocenters. The van der Waals surface area contributed by atoms with Crippen LogP contribution in [0, 0.1) is 0 Å². The molecule has 0 saturated carbocycles. The number of benzene rings is 1. The molecule has 0 radical (unpaired) electrons. The minimum absolute atomic E-state index is 0.0405. The van der Waals surface area contributed by atoms with E-state index in [1.165, 1.54) is 0 Å². The molecule has 1 N–H and O–H groups in total. The number of carboxylic acid groups (broad SMARTS) is 1. The van der Waals surface area contributed by atoms with Crippen LogP contribution in [-0.2, 0) is 30.5 Å². The summed E-state index contributed by atoms with van der Waals surface area (Å²) >= 11 is 0. The van der Waals surface area contributed by atoms with Gasteiger partial charge in [-0.05, 0) is 5.56 Å². The summed E-state index contributed by atoms with van der Waals surface area (Å²) in [6.45, 7) is 0.665. The lowest BCUT2D eigenvalue weighted by molar-refractivity contribution is -0.152. The summed E-state index contributed by atoms with van der Waals surface area (Å²) in [7, 11) is 0. The minimum atomic E-state index is -1.22. The molecule has 0 spiro atoms. The van der Waals surface area contributed by atoms with E-state index in [0.29, 0.717) is 4.90 Å². The van der Waals surface area contributed by atoms with Gasteiger partial charge in [0.25, 0.3) is 0 Å². The maximum atomic E-state index is 11.8. The summed E-state index contributed by atoms with van der Waals surface area (Å²) in [5.41, 5.74) is 0.730. The van der Waals surface area contributed by atoms with Crippen LogP contribution in [0.5, 0.6) is 0 Å². The van der Waals surface area contributed by atoms with E-state index in [-0.39, 0.29) is 13.0 Å². The van der Waals surface area contributed by atoms with Gasteiger partial charge in [0.1, 0.15) is 12.7 Å². The lowest BCUT2D eigenvalue weighted by Crippen LogP contribution is -2.39. The molecule has 8 nitrogen and oxygen atoms in total. The van der Waals surface area contributed by atoms with Crippen molar-refractivity contribution in [2.45, 2.75) is 26.1 Å². The highest BCUT2D eigenvalue weighted by Gasteiger charge is 2.24. The summed E-state index contributed by atoms with van der Waals surface area (Å²) in [4.78, 5) is 45.1. The van der Waals surface area contributed by atoms with Crippen LogP contribution in [0.4, 0.5) is 4.79 Å². The Labute approximate surface area is 132 Å².